The summed E-state index contributed by atoms with van der Waals surface area (Å²) >= 11 is 0. The number of aromatic nitrogens is 2. The van der Waals surface area contributed by atoms with Crippen molar-refractivity contribution in [3.8, 4) is 0 Å². The topological polar surface area (TPSA) is 67.1 Å². The largest absolute Gasteiger partial charge is 0.405 e. The number of halogens is 3. The predicted octanol–water partition coefficient (Wildman–Crippen LogP) is 1.86. The summed E-state index contributed by atoms with van der Waals surface area (Å²) in [6.45, 7) is 0.841. The van der Waals surface area contributed by atoms with Crippen LogP contribution in [-0.2, 0) is 6.42 Å². The van der Waals surface area contributed by atoms with Crippen LogP contribution in [0.15, 0.2) is 6.33 Å². The number of hydrazine groups is 1. The van der Waals surface area contributed by atoms with Crippen LogP contribution in [0.3, 0.4) is 0 Å². The highest BCUT2D eigenvalue weighted by molar-refractivity contribution is 5.59. The lowest BCUT2D eigenvalue weighted by molar-refractivity contribution is -0.120. The van der Waals surface area contributed by atoms with Gasteiger partial charge in [-0.15, -0.1) is 0 Å². The number of nitrogens with zero attached hydrogens (tertiary/aromatic N) is 3. The van der Waals surface area contributed by atoms with Gasteiger partial charge in [-0.1, -0.05) is 6.92 Å². The van der Waals surface area contributed by atoms with Crippen LogP contribution in [0, 0.1) is 0 Å². The zero-order valence-electron chi connectivity index (χ0n) is 10.5. The molecule has 1 aliphatic rings. The third-order valence-electron chi connectivity index (χ3n) is 3.02. The van der Waals surface area contributed by atoms with Crippen molar-refractivity contribution in [3.05, 3.63) is 11.9 Å². The zero-order chi connectivity index (χ0) is 14.0. The summed E-state index contributed by atoms with van der Waals surface area (Å²) in [7, 11) is 0. The Morgan fingerprint density at radius 1 is 1.42 bits per heavy atom. The van der Waals surface area contributed by atoms with Crippen molar-refractivity contribution in [2.24, 2.45) is 5.84 Å². The SMILES string of the molecule is CCc1c(NN)ncnc1N(CC(F)(F)F)C1CC1. The highest BCUT2D eigenvalue weighted by atomic mass is 19.4. The normalized spacial score (nSPS) is 15.4. The molecule has 106 valence electrons. The van der Waals surface area contributed by atoms with E-state index in [0.717, 1.165) is 12.8 Å². The number of nitrogens with one attached hydrogen (secondary N) is 1. The van der Waals surface area contributed by atoms with Crippen LogP contribution in [-0.4, -0.2) is 28.7 Å². The molecule has 0 saturated heterocycles. The van der Waals surface area contributed by atoms with Crippen LogP contribution in [0.1, 0.15) is 25.3 Å². The summed E-state index contributed by atoms with van der Waals surface area (Å²) in [5.41, 5.74) is 3.02. The summed E-state index contributed by atoms with van der Waals surface area (Å²) in [5, 5.41) is 0. The highest BCUT2D eigenvalue weighted by Crippen LogP contribution is 2.36. The van der Waals surface area contributed by atoms with Gasteiger partial charge < -0.3 is 10.3 Å². The molecule has 0 atom stereocenters. The molecule has 0 spiro atoms. The molecular weight excluding hydrogens is 259 g/mol. The van der Waals surface area contributed by atoms with Crippen LogP contribution in [0.4, 0.5) is 24.8 Å². The van der Waals surface area contributed by atoms with Crippen molar-refractivity contribution in [2.75, 3.05) is 16.9 Å². The average molecular weight is 275 g/mol. The lowest BCUT2D eigenvalue weighted by Crippen LogP contribution is -2.37. The van der Waals surface area contributed by atoms with Gasteiger partial charge in [0, 0.05) is 11.6 Å². The first-order valence-corrected chi connectivity index (χ1v) is 6.10. The van der Waals surface area contributed by atoms with Crippen molar-refractivity contribution in [1.29, 1.82) is 0 Å². The molecule has 1 heterocycles. The Morgan fingerprint density at radius 3 is 2.58 bits per heavy atom. The molecule has 1 aliphatic carbocycles. The highest BCUT2D eigenvalue weighted by Gasteiger charge is 2.39. The van der Waals surface area contributed by atoms with Gasteiger partial charge in [-0.3, -0.25) is 0 Å². The molecule has 0 unspecified atom stereocenters. The Morgan fingerprint density at radius 2 is 2.11 bits per heavy atom. The van der Waals surface area contributed by atoms with E-state index in [1.165, 1.54) is 11.2 Å². The maximum atomic E-state index is 12.7. The first-order chi connectivity index (χ1) is 8.96. The molecule has 1 saturated carbocycles. The van der Waals surface area contributed by atoms with E-state index in [4.69, 9.17) is 5.84 Å². The summed E-state index contributed by atoms with van der Waals surface area (Å²) in [5.74, 6) is 6.03. The molecule has 3 N–H and O–H groups in total. The first kappa shape index (κ1) is 13.9. The monoisotopic (exact) mass is 275 g/mol. The Hall–Kier alpha value is -1.57. The van der Waals surface area contributed by atoms with Gasteiger partial charge in [0.15, 0.2) is 0 Å². The Labute approximate surface area is 109 Å². The molecule has 8 heteroatoms. The number of nitrogen functional groups attached to an aromatic ring is 1. The van der Waals surface area contributed by atoms with Crippen molar-refractivity contribution >= 4 is 11.6 Å². The number of hydrogen-bond acceptors (Lipinski definition) is 5. The second-order valence-corrected chi connectivity index (χ2v) is 4.50. The van der Waals surface area contributed by atoms with Crippen LogP contribution in [0.2, 0.25) is 0 Å². The molecule has 0 radical (unpaired) electrons. The van der Waals surface area contributed by atoms with E-state index in [1.54, 1.807) is 0 Å². The summed E-state index contributed by atoms with van der Waals surface area (Å²) < 4.78 is 38.0. The lowest BCUT2D eigenvalue weighted by Gasteiger charge is -2.27. The van der Waals surface area contributed by atoms with Crippen LogP contribution in [0.25, 0.3) is 0 Å². The number of rotatable bonds is 5. The molecule has 5 nitrogen and oxygen atoms in total. The van der Waals surface area contributed by atoms with Gasteiger partial charge in [0.2, 0.25) is 0 Å². The fourth-order valence-electron chi connectivity index (χ4n) is 2.06. The van der Waals surface area contributed by atoms with Gasteiger partial charge in [-0.2, -0.15) is 13.2 Å². The van der Waals surface area contributed by atoms with Gasteiger partial charge >= 0.3 is 6.18 Å². The molecular formula is C11H16F3N5. The number of anilines is 2. The molecule has 0 aromatic carbocycles. The third-order valence-corrected chi connectivity index (χ3v) is 3.02. The lowest BCUT2D eigenvalue weighted by atomic mass is 10.2. The smallest absolute Gasteiger partial charge is 0.344 e. The van der Waals surface area contributed by atoms with E-state index in [9.17, 15) is 13.2 Å². The molecule has 0 aliphatic heterocycles. The molecule has 1 aromatic rings. The Balaban J connectivity index is 2.36. The number of hydrogen-bond donors (Lipinski definition) is 2. The molecule has 1 aromatic heterocycles. The fourth-order valence-corrected chi connectivity index (χ4v) is 2.06. The summed E-state index contributed by atoms with van der Waals surface area (Å²) in [6.07, 6.45) is -0.996. The Kier molecular flexibility index (Phi) is 3.79. The fraction of sp³-hybridized carbons (Fsp3) is 0.636. The Bertz CT molecular complexity index is 444. The van der Waals surface area contributed by atoms with Gasteiger partial charge in [0.05, 0.1) is 0 Å². The van der Waals surface area contributed by atoms with E-state index >= 15 is 0 Å². The van der Waals surface area contributed by atoms with E-state index < -0.39 is 12.7 Å². The minimum atomic E-state index is -4.26. The molecule has 0 amide bonds. The van der Waals surface area contributed by atoms with Crippen molar-refractivity contribution in [1.82, 2.24) is 9.97 Å². The molecule has 19 heavy (non-hydrogen) atoms. The number of nitrogens with two attached hydrogens (primary N) is 1. The predicted molar refractivity (Wildman–Crippen MR) is 65.6 cm³/mol. The van der Waals surface area contributed by atoms with E-state index in [2.05, 4.69) is 15.4 Å². The quantitative estimate of drug-likeness (QED) is 0.634. The standard InChI is InChI=1S/C11H16F3N5/c1-2-8-9(18-15)16-6-17-10(8)19(7-3-4-7)5-11(12,13)14/h6-7H,2-5,15H2,1H3,(H,16,17,18). The second kappa shape index (κ2) is 5.20. The van der Waals surface area contributed by atoms with Crippen molar-refractivity contribution < 1.29 is 13.2 Å². The van der Waals surface area contributed by atoms with E-state index in [1.807, 2.05) is 6.92 Å². The van der Waals surface area contributed by atoms with E-state index in [0.29, 0.717) is 23.6 Å². The van der Waals surface area contributed by atoms with Crippen molar-refractivity contribution in [2.45, 2.75) is 38.4 Å². The van der Waals surface area contributed by atoms with Crippen LogP contribution >= 0.6 is 0 Å². The summed E-state index contributed by atoms with van der Waals surface area (Å²) in [4.78, 5) is 9.26. The number of alkyl halides is 3. The van der Waals surface area contributed by atoms with Crippen molar-refractivity contribution in [3.63, 3.8) is 0 Å². The van der Waals surface area contributed by atoms with Gasteiger partial charge in [-0.25, -0.2) is 15.8 Å². The zero-order valence-corrected chi connectivity index (χ0v) is 10.5. The third kappa shape index (κ3) is 3.25. The summed E-state index contributed by atoms with van der Waals surface area (Å²) in [6, 6.07) is -0.0903. The maximum absolute atomic E-state index is 12.7. The molecule has 0 bridgehead atoms. The van der Waals surface area contributed by atoms with Gasteiger partial charge in [0.25, 0.3) is 0 Å². The second-order valence-electron chi connectivity index (χ2n) is 4.50. The van der Waals surface area contributed by atoms with E-state index in [-0.39, 0.29) is 6.04 Å². The van der Waals surface area contributed by atoms with Crippen LogP contribution < -0.4 is 16.2 Å². The molecule has 1 fully saturated rings. The maximum Gasteiger partial charge on any atom is 0.405 e. The molecule has 2 rings (SSSR count). The minimum Gasteiger partial charge on any atom is -0.344 e. The van der Waals surface area contributed by atoms with Gasteiger partial charge in [0.1, 0.15) is 24.5 Å². The minimum absolute atomic E-state index is 0.0903. The van der Waals surface area contributed by atoms with Gasteiger partial charge in [-0.05, 0) is 19.3 Å². The average Bonchev–Trinajstić information content (AvgIpc) is 3.18. The first-order valence-electron chi connectivity index (χ1n) is 6.10. The van der Waals surface area contributed by atoms with Crippen LogP contribution in [0.5, 0.6) is 0 Å².